The van der Waals surface area contributed by atoms with E-state index in [1.807, 2.05) is 0 Å². The van der Waals surface area contributed by atoms with Gasteiger partial charge in [-0.3, -0.25) is 4.18 Å². The van der Waals surface area contributed by atoms with Crippen molar-refractivity contribution in [2.75, 3.05) is 6.61 Å². The molecule has 0 amide bonds. The fourth-order valence-electron chi connectivity index (χ4n) is 2.33. The average molecular weight is 362 g/mol. The zero-order valence-electron chi connectivity index (χ0n) is 14.6. The van der Waals surface area contributed by atoms with E-state index in [0.29, 0.717) is 6.42 Å². The molecule has 0 aromatic rings. The van der Waals surface area contributed by atoms with E-state index in [9.17, 15) is 23.2 Å². The number of hydrogen-bond acceptors (Lipinski definition) is 6. The quantitative estimate of drug-likeness (QED) is 0.138. The van der Waals surface area contributed by atoms with Crippen molar-refractivity contribution in [2.24, 2.45) is 0 Å². The molecule has 0 fully saturated rings. The van der Waals surface area contributed by atoms with E-state index >= 15 is 0 Å². The Hall–Kier alpha value is 0.790. The van der Waals surface area contributed by atoms with Crippen LogP contribution in [0.2, 0.25) is 0 Å². The summed E-state index contributed by atoms with van der Waals surface area (Å²) in [6.07, 6.45) is 11.4. The molecule has 0 aliphatic rings. The largest absolute Gasteiger partial charge is 1.00 e. The summed E-state index contributed by atoms with van der Waals surface area (Å²) in [6, 6.07) is 0. The second-order valence-corrected chi connectivity index (χ2v) is 6.95. The maximum atomic E-state index is 10.2. The smallest absolute Gasteiger partial charge is 0.726 e. The summed E-state index contributed by atoms with van der Waals surface area (Å²) >= 11 is 0. The van der Waals surface area contributed by atoms with Crippen LogP contribution >= 0.6 is 0 Å². The van der Waals surface area contributed by atoms with E-state index in [1.165, 1.54) is 38.5 Å². The Balaban J connectivity index is 0. The SMILES string of the molecule is CCCCCCCCCCCCC(O)(O)CCOS(=O)(=O)[O-].[Na+]. The maximum absolute atomic E-state index is 10.2. The van der Waals surface area contributed by atoms with Crippen molar-refractivity contribution in [2.45, 2.75) is 89.8 Å². The molecule has 0 unspecified atom stereocenters. The van der Waals surface area contributed by atoms with Crippen LogP contribution in [-0.2, 0) is 14.6 Å². The van der Waals surface area contributed by atoms with Crippen LogP contribution in [0.15, 0.2) is 0 Å². The number of rotatable bonds is 15. The van der Waals surface area contributed by atoms with Gasteiger partial charge in [0.15, 0.2) is 5.79 Å². The van der Waals surface area contributed by atoms with Crippen molar-refractivity contribution in [1.29, 1.82) is 0 Å². The molecule has 0 saturated carbocycles. The molecule has 0 aliphatic carbocycles. The standard InChI is InChI=1S/C15H32O6S.Na/c1-2-3-4-5-6-7-8-9-10-11-12-15(16,17)13-14-21-22(18,19)20;/h16-17H,2-14H2,1H3,(H,18,19,20);/q;+1/p-1. The first kappa shape index (κ1) is 26.0. The second kappa shape index (κ2) is 15.1. The molecule has 6 nitrogen and oxygen atoms in total. The molecular formula is C15H31NaO6S. The Morgan fingerprint density at radius 3 is 1.74 bits per heavy atom. The third kappa shape index (κ3) is 20.7. The number of hydrogen-bond donors (Lipinski definition) is 2. The summed E-state index contributed by atoms with van der Waals surface area (Å²) in [5.41, 5.74) is 0. The molecule has 0 bridgehead atoms. The second-order valence-electron chi connectivity index (χ2n) is 5.89. The Bertz CT molecular complexity index is 359. The maximum Gasteiger partial charge on any atom is 1.00 e. The fraction of sp³-hybridized carbons (Fsp3) is 1.00. The summed E-state index contributed by atoms with van der Waals surface area (Å²) in [6.45, 7) is 1.70. The zero-order valence-corrected chi connectivity index (χ0v) is 17.4. The van der Waals surface area contributed by atoms with Crippen molar-refractivity contribution in [1.82, 2.24) is 0 Å². The zero-order chi connectivity index (χ0) is 16.9. The molecule has 23 heavy (non-hydrogen) atoms. The van der Waals surface area contributed by atoms with Gasteiger partial charge in [0.2, 0.25) is 10.4 Å². The van der Waals surface area contributed by atoms with Gasteiger partial charge in [0.25, 0.3) is 0 Å². The van der Waals surface area contributed by atoms with Crippen LogP contribution in [0.1, 0.15) is 84.0 Å². The summed E-state index contributed by atoms with van der Waals surface area (Å²) in [7, 11) is -4.76. The fourth-order valence-corrected chi connectivity index (χ4v) is 2.62. The minimum atomic E-state index is -4.76. The summed E-state index contributed by atoms with van der Waals surface area (Å²) in [4.78, 5) is 0. The molecule has 0 spiro atoms. The summed E-state index contributed by atoms with van der Waals surface area (Å²) < 4.78 is 34.6. The van der Waals surface area contributed by atoms with Gasteiger partial charge in [-0.15, -0.1) is 0 Å². The van der Waals surface area contributed by atoms with Gasteiger partial charge in [-0.25, -0.2) is 8.42 Å². The number of aliphatic hydroxyl groups is 2. The predicted octanol–water partition coefficient (Wildman–Crippen LogP) is -0.151. The van der Waals surface area contributed by atoms with Gasteiger partial charge in [0.05, 0.1) is 6.61 Å². The Kier molecular flexibility index (Phi) is 17.1. The first-order valence-corrected chi connectivity index (χ1v) is 9.65. The third-order valence-electron chi connectivity index (χ3n) is 3.66. The van der Waals surface area contributed by atoms with E-state index in [1.54, 1.807) is 0 Å². The first-order valence-electron chi connectivity index (χ1n) is 8.32. The van der Waals surface area contributed by atoms with Crippen LogP contribution < -0.4 is 29.6 Å². The minimum absolute atomic E-state index is 0. The normalized spacial score (nSPS) is 12.2. The number of unbranched alkanes of at least 4 members (excludes halogenated alkanes) is 9. The molecule has 0 aliphatic heterocycles. The minimum Gasteiger partial charge on any atom is -0.726 e. The third-order valence-corrected chi connectivity index (χ3v) is 4.12. The molecule has 0 heterocycles. The van der Waals surface area contributed by atoms with Gasteiger partial charge in [-0.1, -0.05) is 64.7 Å². The van der Waals surface area contributed by atoms with E-state index < -0.39 is 22.8 Å². The van der Waals surface area contributed by atoms with E-state index in [2.05, 4.69) is 11.1 Å². The molecule has 0 radical (unpaired) electrons. The van der Waals surface area contributed by atoms with Gasteiger partial charge in [0, 0.05) is 12.8 Å². The van der Waals surface area contributed by atoms with Crippen LogP contribution in [0.4, 0.5) is 0 Å². The Morgan fingerprint density at radius 2 is 1.30 bits per heavy atom. The van der Waals surface area contributed by atoms with Gasteiger partial charge in [-0.2, -0.15) is 0 Å². The van der Waals surface area contributed by atoms with Gasteiger partial charge in [-0.05, 0) is 6.42 Å². The molecule has 0 saturated heterocycles. The molecule has 8 heteroatoms. The van der Waals surface area contributed by atoms with Crippen LogP contribution in [0.25, 0.3) is 0 Å². The van der Waals surface area contributed by atoms with Crippen LogP contribution in [0, 0.1) is 0 Å². The molecule has 0 rings (SSSR count). The van der Waals surface area contributed by atoms with E-state index in [0.717, 1.165) is 19.3 Å². The van der Waals surface area contributed by atoms with E-state index in [4.69, 9.17) is 0 Å². The van der Waals surface area contributed by atoms with Crippen LogP contribution in [-0.4, -0.2) is 35.6 Å². The predicted molar refractivity (Wildman–Crippen MR) is 83.9 cm³/mol. The summed E-state index contributed by atoms with van der Waals surface area (Å²) in [5, 5.41) is 19.2. The van der Waals surface area contributed by atoms with E-state index in [-0.39, 0.29) is 42.4 Å². The topological polar surface area (TPSA) is 107 Å². The van der Waals surface area contributed by atoms with Crippen molar-refractivity contribution in [3.05, 3.63) is 0 Å². The molecule has 0 aromatic heterocycles. The average Bonchev–Trinajstić information content (AvgIpc) is 2.39. The molecule has 134 valence electrons. The van der Waals surface area contributed by atoms with Gasteiger partial charge in [0.1, 0.15) is 0 Å². The Morgan fingerprint density at radius 1 is 0.870 bits per heavy atom. The molecule has 0 atom stereocenters. The van der Waals surface area contributed by atoms with Crippen molar-refractivity contribution < 1.29 is 56.9 Å². The first-order chi connectivity index (χ1) is 10.3. The van der Waals surface area contributed by atoms with Gasteiger partial charge >= 0.3 is 29.6 Å². The Labute approximate surface area is 163 Å². The van der Waals surface area contributed by atoms with Crippen LogP contribution in [0.5, 0.6) is 0 Å². The van der Waals surface area contributed by atoms with Crippen LogP contribution in [0.3, 0.4) is 0 Å². The van der Waals surface area contributed by atoms with Gasteiger partial charge < -0.3 is 14.8 Å². The summed E-state index contributed by atoms with van der Waals surface area (Å²) in [5.74, 6) is -1.97. The molecule has 0 aromatic carbocycles. The van der Waals surface area contributed by atoms with Crippen molar-refractivity contribution >= 4 is 10.4 Å². The van der Waals surface area contributed by atoms with Crippen molar-refractivity contribution in [3.8, 4) is 0 Å². The molecular weight excluding hydrogens is 331 g/mol. The monoisotopic (exact) mass is 362 g/mol. The molecule has 2 N–H and O–H groups in total. The van der Waals surface area contributed by atoms with Crippen molar-refractivity contribution in [3.63, 3.8) is 0 Å².